The summed E-state index contributed by atoms with van der Waals surface area (Å²) in [5.74, 6) is 1.76. The zero-order valence-electron chi connectivity index (χ0n) is 9.82. The van der Waals surface area contributed by atoms with Gasteiger partial charge in [0.1, 0.15) is 11.5 Å². The van der Waals surface area contributed by atoms with Crippen molar-refractivity contribution in [2.45, 2.75) is 25.8 Å². The van der Waals surface area contributed by atoms with Gasteiger partial charge >= 0.3 is 0 Å². The standard InChI is InChI=1S/C14H16ClNO/c1-2-12(16)9-13-6-7-14(17-13)10-4-3-5-11(15)8-10/h3-8,12H,2,9,16H2,1H3. The second-order valence-electron chi connectivity index (χ2n) is 4.15. The van der Waals surface area contributed by atoms with Gasteiger partial charge in [-0.1, -0.05) is 30.7 Å². The third-order valence-electron chi connectivity index (χ3n) is 2.76. The maximum atomic E-state index is 5.95. The first-order chi connectivity index (χ1) is 8.19. The highest BCUT2D eigenvalue weighted by Gasteiger charge is 2.08. The Labute approximate surface area is 106 Å². The molecule has 1 unspecified atom stereocenters. The van der Waals surface area contributed by atoms with Crippen LogP contribution in [0.4, 0.5) is 0 Å². The minimum Gasteiger partial charge on any atom is -0.461 e. The molecule has 0 bridgehead atoms. The summed E-state index contributed by atoms with van der Waals surface area (Å²) in [6, 6.07) is 11.7. The highest BCUT2D eigenvalue weighted by Crippen LogP contribution is 2.25. The lowest BCUT2D eigenvalue weighted by Gasteiger charge is -2.05. The highest BCUT2D eigenvalue weighted by atomic mass is 35.5. The van der Waals surface area contributed by atoms with Crippen molar-refractivity contribution in [3.8, 4) is 11.3 Å². The summed E-state index contributed by atoms with van der Waals surface area (Å²) in [4.78, 5) is 0. The number of hydrogen-bond donors (Lipinski definition) is 1. The van der Waals surface area contributed by atoms with Gasteiger partial charge in [-0.05, 0) is 30.7 Å². The van der Waals surface area contributed by atoms with Gasteiger partial charge in [0.25, 0.3) is 0 Å². The Hall–Kier alpha value is -1.25. The van der Waals surface area contributed by atoms with Gasteiger partial charge < -0.3 is 10.2 Å². The van der Waals surface area contributed by atoms with E-state index < -0.39 is 0 Å². The van der Waals surface area contributed by atoms with Crippen molar-refractivity contribution in [2.24, 2.45) is 5.73 Å². The molecule has 2 N–H and O–H groups in total. The molecule has 0 saturated carbocycles. The van der Waals surface area contributed by atoms with Crippen molar-refractivity contribution in [1.29, 1.82) is 0 Å². The number of benzene rings is 1. The molecule has 0 aliphatic carbocycles. The lowest BCUT2D eigenvalue weighted by atomic mass is 10.1. The van der Waals surface area contributed by atoms with Gasteiger partial charge in [0.2, 0.25) is 0 Å². The fourth-order valence-corrected chi connectivity index (χ4v) is 1.88. The third kappa shape index (κ3) is 3.11. The Balaban J connectivity index is 2.18. The van der Waals surface area contributed by atoms with Gasteiger partial charge in [-0.15, -0.1) is 0 Å². The summed E-state index contributed by atoms with van der Waals surface area (Å²) in [5.41, 5.74) is 6.89. The summed E-state index contributed by atoms with van der Waals surface area (Å²) in [7, 11) is 0. The lowest BCUT2D eigenvalue weighted by Crippen LogP contribution is -2.20. The van der Waals surface area contributed by atoms with E-state index in [1.807, 2.05) is 36.4 Å². The number of rotatable bonds is 4. The van der Waals surface area contributed by atoms with Gasteiger partial charge in [0, 0.05) is 23.0 Å². The van der Waals surface area contributed by atoms with E-state index in [2.05, 4.69) is 6.92 Å². The van der Waals surface area contributed by atoms with Gasteiger partial charge in [0.15, 0.2) is 0 Å². The topological polar surface area (TPSA) is 39.2 Å². The van der Waals surface area contributed by atoms with Crippen molar-refractivity contribution in [2.75, 3.05) is 0 Å². The van der Waals surface area contributed by atoms with Crippen LogP contribution in [0.1, 0.15) is 19.1 Å². The van der Waals surface area contributed by atoms with Gasteiger partial charge in [-0.25, -0.2) is 0 Å². The van der Waals surface area contributed by atoms with Crippen molar-refractivity contribution in [3.05, 3.63) is 47.2 Å². The molecule has 2 rings (SSSR count). The van der Waals surface area contributed by atoms with Crippen molar-refractivity contribution < 1.29 is 4.42 Å². The van der Waals surface area contributed by atoms with Crippen molar-refractivity contribution >= 4 is 11.6 Å². The predicted molar refractivity (Wildman–Crippen MR) is 71.1 cm³/mol. The molecule has 3 heteroatoms. The molecular formula is C14H16ClNO. The summed E-state index contributed by atoms with van der Waals surface area (Å²) in [6.07, 6.45) is 1.73. The zero-order valence-corrected chi connectivity index (χ0v) is 10.6. The second kappa shape index (κ2) is 5.39. The quantitative estimate of drug-likeness (QED) is 0.893. The molecule has 0 fully saturated rings. The van der Waals surface area contributed by atoms with Crippen LogP contribution in [0.25, 0.3) is 11.3 Å². The number of halogens is 1. The van der Waals surface area contributed by atoms with E-state index in [0.29, 0.717) is 5.02 Å². The second-order valence-corrected chi connectivity index (χ2v) is 4.59. The van der Waals surface area contributed by atoms with Crippen LogP contribution in [0, 0.1) is 0 Å². The van der Waals surface area contributed by atoms with Gasteiger partial charge in [0.05, 0.1) is 0 Å². The molecule has 1 heterocycles. The average molecular weight is 250 g/mol. The Morgan fingerprint density at radius 3 is 2.82 bits per heavy atom. The monoisotopic (exact) mass is 249 g/mol. The normalized spacial score (nSPS) is 12.6. The number of hydrogen-bond acceptors (Lipinski definition) is 2. The van der Waals surface area contributed by atoms with E-state index in [9.17, 15) is 0 Å². The van der Waals surface area contributed by atoms with Crippen LogP contribution in [0.5, 0.6) is 0 Å². The molecule has 0 amide bonds. The number of nitrogens with two attached hydrogens (primary N) is 1. The highest BCUT2D eigenvalue weighted by molar-refractivity contribution is 6.30. The maximum Gasteiger partial charge on any atom is 0.134 e. The third-order valence-corrected chi connectivity index (χ3v) is 2.99. The summed E-state index contributed by atoms with van der Waals surface area (Å²) < 4.78 is 5.76. The van der Waals surface area contributed by atoms with Crippen LogP contribution in [-0.4, -0.2) is 6.04 Å². The molecule has 90 valence electrons. The molecular weight excluding hydrogens is 234 g/mol. The fraction of sp³-hybridized carbons (Fsp3) is 0.286. The van der Waals surface area contributed by atoms with E-state index in [4.69, 9.17) is 21.8 Å². The fourth-order valence-electron chi connectivity index (χ4n) is 1.69. The molecule has 17 heavy (non-hydrogen) atoms. The van der Waals surface area contributed by atoms with Crippen molar-refractivity contribution in [3.63, 3.8) is 0 Å². The molecule has 2 nitrogen and oxygen atoms in total. The predicted octanol–water partition coefficient (Wildman–Crippen LogP) is 3.88. The van der Waals surface area contributed by atoms with E-state index >= 15 is 0 Å². The van der Waals surface area contributed by atoms with E-state index in [-0.39, 0.29) is 6.04 Å². The molecule has 1 aromatic carbocycles. The van der Waals surface area contributed by atoms with E-state index in [1.54, 1.807) is 0 Å². The van der Waals surface area contributed by atoms with E-state index in [1.165, 1.54) is 0 Å². The van der Waals surface area contributed by atoms with E-state index in [0.717, 1.165) is 29.9 Å². The van der Waals surface area contributed by atoms with Crippen LogP contribution < -0.4 is 5.73 Å². The van der Waals surface area contributed by atoms with Crippen LogP contribution >= 0.6 is 11.6 Å². The largest absolute Gasteiger partial charge is 0.461 e. The molecule has 0 saturated heterocycles. The molecule has 0 spiro atoms. The molecule has 0 aliphatic rings. The zero-order chi connectivity index (χ0) is 12.3. The summed E-state index contributed by atoms with van der Waals surface area (Å²) >= 11 is 5.95. The average Bonchev–Trinajstić information content (AvgIpc) is 2.77. The smallest absolute Gasteiger partial charge is 0.134 e. The first-order valence-electron chi connectivity index (χ1n) is 5.79. The van der Waals surface area contributed by atoms with Crippen molar-refractivity contribution in [1.82, 2.24) is 0 Å². The SMILES string of the molecule is CCC(N)Cc1ccc(-c2cccc(Cl)c2)o1. The Morgan fingerprint density at radius 1 is 1.29 bits per heavy atom. The lowest BCUT2D eigenvalue weighted by molar-refractivity contribution is 0.490. The molecule has 1 atom stereocenters. The first kappa shape index (κ1) is 12.2. The van der Waals surface area contributed by atoms with Crippen LogP contribution in [0.15, 0.2) is 40.8 Å². The van der Waals surface area contributed by atoms with Crippen LogP contribution in [-0.2, 0) is 6.42 Å². The number of furan rings is 1. The molecule has 2 aromatic rings. The van der Waals surface area contributed by atoms with Crippen LogP contribution in [0.2, 0.25) is 5.02 Å². The molecule has 0 radical (unpaired) electrons. The first-order valence-corrected chi connectivity index (χ1v) is 6.17. The maximum absolute atomic E-state index is 5.95. The Bertz CT molecular complexity index is 492. The molecule has 1 aromatic heterocycles. The van der Waals surface area contributed by atoms with Gasteiger partial charge in [-0.2, -0.15) is 0 Å². The van der Waals surface area contributed by atoms with Gasteiger partial charge in [-0.3, -0.25) is 0 Å². The summed E-state index contributed by atoms with van der Waals surface area (Å²) in [5, 5.41) is 0.714. The molecule has 0 aliphatic heterocycles. The summed E-state index contributed by atoms with van der Waals surface area (Å²) in [6.45, 7) is 2.07. The minimum absolute atomic E-state index is 0.161. The Morgan fingerprint density at radius 2 is 2.12 bits per heavy atom. The van der Waals surface area contributed by atoms with Crippen LogP contribution in [0.3, 0.4) is 0 Å². The Kier molecular flexibility index (Phi) is 3.87. The minimum atomic E-state index is 0.161.